The van der Waals surface area contributed by atoms with Gasteiger partial charge in [0, 0.05) is 31.9 Å². The largest absolute Gasteiger partial charge is 0.388 e. The van der Waals surface area contributed by atoms with Crippen molar-refractivity contribution in [3.05, 3.63) is 47.9 Å². The van der Waals surface area contributed by atoms with Gasteiger partial charge in [0.05, 0.1) is 12.0 Å². The lowest BCUT2D eigenvalue weighted by atomic mass is 10.2. The second-order valence-electron chi connectivity index (χ2n) is 4.65. The predicted octanol–water partition coefficient (Wildman–Crippen LogP) is 1.51. The zero-order valence-corrected chi connectivity index (χ0v) is 11.5. The monoisotopic (exact) mass is 270 g/mol. The fourth-order valence-electron chi connectivity index (χ4n) is 1.85. The summed E-state index contributed by atoms with van der Waals surface area (Å²) >= 11 is 0. The summed E-state index contributed by atoms with van der Waals surface area (Å²) in [5.74, 6) is 0.955. The number of aryl methyl sites for hydroxylation is 1. The number of aromatic nitrogens is 3. The average Bonchev–Trinajstić information content (AvgIpc) is 2.44. The molecular formula is C14H18N6. The van der Waals surface area contributed by atoms with E-state index in [0.29, 0.717) is 19.5 Å². The standard InChI is InChI=1S/C14H18N6/c1-11-7-14(19-18-8-11)20(6-4-13(15)16)10-12-3-2-5-17-9-12/h2-3,5,7-9H,4,6,10H2,1H3,(H3,15,16). The number of pyridine rings is 1. The van der Waals surface area contributed by atoms with Crippen molar-refractivity contribution in [1.82, 2.24) is 15.2 Å². The summed E-state index contributed by atoms with van der Waals surface area (Å²) in [6.45, 7) is 3.27. The molecule has 6 nitrogen and oxygen atoms in total. The molecule has 0 aromatic carbocycles. The second kappa shape index (κ2) is 6.60. The Hall–Kier alpha value is -2.50. The molecule has 0 saturated heterocycles. The summed E-state index contributed by atoms with van der Waals surface area (Å²) in [5.41, 5.74) is 7.58. The Kier molecular flexibility index (Phi) is 4.60. The Balaban J connectivity index is 2.18. The molecule has 0 aliphatic carbocycles. The van der Waals surface area contributed by atoms with Gasteiger partial charge in [-0.1, -0.05) is 6.07 Å². The maximum atomic E-state index is 7.37. The molecule has 6 heteroatoms. The minimum atomic E-state index is 0.168. The third-order valence-electron chi connectivity index (χ3n) is 2.85. The molecule has 3 N–H and O–H groups in total. The Bertz CT molecular complexity index is 569. The molecule has 0 bridgehead atoms. The number of hydrogen-bond donors (Lipinski definition) is 2. The first kappa shape index (κ1) is 13.9. The molecule has 0 saturated carbocycles. The SMILES string of the molecule is Cc1cnnc(N(CCC(=N)N)Cc2cccnc2)c1. The highest BCUT2D eigenvalue weighted by Gasteiger charge is 2.10. The summed E-state index contributed by atoms with van der Waals surface area (Å²) in [5, 5.41) is 15.5. The van der Waals surface area contributed by atoms with Gasteiger partial charge >= 0.3 is 0 Å². The van der Waals surface area contributed by atoms with Gasteiger partial charge in [-0.2, -0.15) is 5.10 Å². The van der Waals surface area contributed by atoms with Crippen LogP contribution in [0.2, 0.25) is 0 Å². The van der Waals surface area contributed by atoms with Crippen LogP contribution in [-0.4, -0.2) is 27.6 Å². The van der Waals surface area contributed by atoms with Gasteiger partial charge in [0.2, 0.25) is 0 Å². The molecule has 0 fully saturated rings. The van der Waals surface area contributed by atoms with Crippen molar-refractivity contribution in [1.29, 1.82) is 5.41 Å². The van der Waals surface area contributed by atoms with Gasteiger partial charge in [-0.15, -0.1) is 5.10 Å². The predicted molar refractivity (Wildman–Crippen MR) is 78.6 cm³/mol. The van der Waals surface area contributed by atoms with Crippen LogP contribution in [0.3, 0.4) is 0 Å². The van der Waals surface area contributed by atoms with Crippen LogP contribution in [0.4, 0.5) is 5.82 Å². The van der Waals surface area contributed by atoms with Crippen molar-refractivity contribution in [2.24, 2.45) is 5.73 Å². The van der Waals surface area contributed by atoms with Gasteiger partial charge in [-0.05, 0) is 30.2 Å². The molecule has 2 heterocycles. The van der Waals surface area contributed by atoms with Crippen LogP contribution < -0.4 is 10.6 Å². The lowest BCUT2D eigenvalue weighted by Gasteiger charge is -2.23. The first-order valence-electron chi connectivity index (χ1n) is 6.41. The topological polar surface area (TPSA) is 91.8 Å². The van der Waals surface area contributed by atoms with Crippen LogP contribution in [0.15, 0.2) is 36.8 Å². The van der Waals surface area contributed by atoms with Crippen LogP contribution in [0, 0.1) is 12.3 Å². The van der Waals surface area contributed by atoms with E-state index in [9.17, 15) is 0 Å². The molecule has 0 aliphatic heterocycles. The van der Waals surface area contributed by atoms with E-state index in [1.54, 1.807) is 12.4 Å². The number of nitrogens with zero attached hydrogens (tertiary/aromatic N) is 4. The van der Waals surface area contributed by atoms with E-state index in [1.165, 1.54) is 0 Å². The molecular weight excluding hydrogens is 252 g/mol. The van der Waals surface area contributed by atoms with E-state index < -0.39 is 0 Å². The minimum absolute atomic E-state index is 0.168. The summed E-state index contributed by atoms with van der Waals surface area (Å²) in [4.78, 5) is 6.17. The van der Waals surface area contributed by atoms with Crippen LogP contribution in [0.5, 0.6) is 0 Å². The number of rotatable bonds is 6. The molecule has 0 unspecified atom stereocenters. The maximum Gasteiger partial charge on any atom is 0.151 e. The van der Waals surface area contributed by atoms with Crippen LogP contribution >= 0.6 is 0 Å². The van der Waals surface area contributed by atoms with Crippen molar-refractivity contribution in [3.8, 4) is 0 Å². The summed E-state index contributed by atoms with van der Waals surface area (Å²) in [6.07, 6.45) is 5.78. The van der Waals surface area contributed by atoms with Crippen molar-refractivity contribution >= 4 is 11.7 Å². The van der Waals surface area contributed by atoms with Gasteiger partial charge in [0.15, 0.2) is 5.82 Å². The van der Waals surface area contributed by atoms with Crippen LogP contribution in [0.25, 0.3) is 0 Å². The quantitative estimate of drug-likeness (QED) is 0.613. The highest BCUT2D eigenvalue weighted by molar-refractivity contribution is 5.77. The zero-order chi connectivity index (χ0) is 14.4. The molecule has 2 aromatic heterocycles. The molecule has 104 valence electrons. The molecule has 0 amide bonds. The number of nitrogens with two attached hydrogens (primary N) is 1. The Labute approximate surface area is 118 Å². The fourth-order valence-corrected chi connectivity index (χ4v) is 1.85. The van der Waals surface area contributed by atoms with Crippen molar-refractivity contribution in [3.63, 3.8) is 0 Å². The first-order chi connectivity index (χ1) is 9.65. The molecule has 0 radical (unpaired) electrons. The summed E-state index contributed by atoms with van der Waals surface area (Å²) < 4.78 is 0. The van der Waals surface area contributed by atoms with E-state index in [2.05, 4.69) is 20.1 Å². The zero-order valence-electron chi connectivity index (χ0n) is 11.5. The van der Waals surface area contributed by atoms with E-state index in [1.807, 2.05) is 31.3 Å². The normalized spacial score (nSPS) is 10.2. The first-order valence-corrected chi connectivity index (χ1v) is 6.41. The number of nitrogens with one attached hydrogen (secondary N) is 1. The van der Waals surface area contributed by atoms with E-state index in [4.69, 9.17) is 11.1 Å². The van der Waals surface area contributed by atoms with Gasteiger partial charge in [-0.25, -0.2) is 0 Å². The highest BCUT2D eigenvalue weighted by Crippen LogP contribution is 2.14. The second-order valence-corrected chi connectivity index (χ2v) is 4.65. The Morgan fingerprint density at radius 1 is 1.40 bits per heavy atom. The molecule has 0 aliphatic rings. The number of amidine groups is 1. The van der Waals surface area contributed by atoms with Crippen LogP contribution in [0.1, 0.15) is 17.5 Å². The minimum Gasteiger partial charge on any atom is -0.388 e. The van der Waals surface area contributed by atoms with E-state index >= 15 is 0 Å². The molecule has 0 atom stereocenters. The van der Waals surface area contributed by atoms with Crippen molar-refractivity contribution < 1.29 is 0 Å². The Morgan fingerprint density at radius 3 is 2.90 bits per heavy atom. The highest BCUT2D eigenvalue weighted by atomic mass is 15.3. The summed E-state index contributed by atoms with van der Waals surface area (Å²) in [7, 11) is 0. The number of hydrogen-bond acceptors (Lipinski definition) is 5. The molecule has 20 heavy (non-hydrogen) atoms. The molecule has 2 aromatic rings. The summed E-state index contributed by atoms with van der Waals surface area (Å²) in [6, 6.07) is 5.89. The van der Waals surface area contributed by atoms with Crippen LogP contribution in [-0.2, 0) is 6.54 Å². The van der Waals surface area contributed by atoms with E-state index in [0.717, 1.165) is 16.9 Å². The maximum absolute atomic E-state index is 7.37. The lowest BCUT2D eigenvalue weighted by Crippen LogP contribution is -2.28. The smallest absolute Gasteiger partial charge is 0.151 e. The Morgan fingerprint density at radius 2 is 2.25 bits per heavy atom. The third-order valence-corrected chi connectivity index (χ3v) is 2.85. The van der Waals surface area contributed by atoms with E-state index in [-0.39, 0.29) is 5.84 Å². The van der Waals surface area contributed by atoms with Gasteiger partial charge < -0.3 is 10.6 Å². The average molecular weight is 270 g/mol. The molecule has 0 spiro atoms. The number of anilines is 1. The lowest BCUT2D eigenvalue weighted by molar-refractivity contribution is 0.769. The third kappa shape index (κ3) is 4.01. The van der Waals surface area contributed by atoms with Gasteiger partial charge in [-0.3, -0.25) is 10.4 Å². The van der Waals surface area contributed by atoms with Gasteiger partial charge in [0.1, 0.15) is 0 Å². The fraction of sp³-hybridized carbons (Fsp3) is 0.286. The van der Waals surface area contributed by atoms with Gasteiger partial charge in [0.25, 0.3) is 0 Å². The van der Waals surface area contributed by atoms with Crippen molar-refractivity contribution in [2.45, 2.75) is 19.9 Å². The van der Waals surface area contributed by atoms with Crippen molar-refractivity contribution in [2.75, 3.05) is 11.4 Å². The molecule has 2 rings (SSSR count).